The zero-order valence-corrected chi connectivity index (χ0v) is 16.1. The maximum Gasteiger partial charge on any atom is 0.245 e. The molecule has 0 unspecified atom stereocenters. The first-order valence-electron chi connectivity index (χ1n) is 9.31. The molecule has 2 fully saturated rings. The Labute approximate surface area is 154 Å². The van der Waals surface area contributed by atoms with Crippen molar-refractivity contribution in [2.75, 3.05) is 25.9 Å². The Kier molecular flexibility index (Phi) is 6.05. The van der Waals surface area contributed by atoms with E-state index in [2.05, 4.69) is 31.2 Å². The molecule has 2 amide bonds. The third kappa shape index (κ3) is 4.78. The van der Waals surface area contributed by atoms with Crippen molar-refractivity contribution in [3.05, 3.63) is 29.8 Å². The number of benzene rings is 1. The van der Waals surface area contributed by atoms with Crippen molar-refractivity contribution < 1.29 is 9.59 Å². The first-order chi connectivity index (χ1) is 12.1. The molecule has 2 aliphatic rings. The fraction of sp³-hybridized carbons (Fsp3) is 0.600. The molecule has 1 saturated heterocycles. The van der Waals surface area contributed by atoms with Gasteiger partial charge in [0.15, 0.2) is 0 Å². The van der Waals surface area contributed by atoms with Crippen molar-refractivity contribution in [1.82, 2.24) is 9.80 Å². The van der Waals surface area contributed by atoms with E-state index in [1.165, 1.54) is 10.5 Å². The number of likely N-dealkylation sites (N-methyl/N-ethyl adjacent to an activating group) is 1. The number of piperidine rings is 1. The lowest BCUT2D eigenvalue weighted by atomic mass is 10.00. The van der Waals surface area contributed by atoms with Crippen molar-refractivity contribution in [3.63, 3.8) is 0 Å². The average Bonchev–Trinajstić information content (AvgIpc) is 3.47. The summed E-state index contributed by atoms with van der Waals surface area (Å²) in [5.74, 6) is 1.38. The molecular weight excluding hydrogens is 332 g/mol. The predicted molar refractivity (Wildman–Crippen MR) is 102 cm³/mol. The number of likely N-dealkylation sites (tertiary alicyclic amines) is 1. The van der Waals surface area contributed by atoms with Crippen molar-refractivity contribution >= 4 is 23.6 Å². The molecule has 136 valence electrons. The Morgan fingerprint density at radius 1 is 1.16 bits per heavy atom. The third-order valence-electron chi connectivity index (χ3n) is 5.09. The van der Waals surface area contributed by atoms with Crippen LogP contribution in [0.25, 0.3) is 0 Å². The zero-order valence-electron chi connectivity index (χ0n) is 15.2. The van der Waals surface area contributed by atoms with Crippen molar-refractivity contribution in [1.29, 1.82) is 0 Å². The maximum atomic E-state index is 12.9. The van der Waals surface area contributed by atoms with Gasteiger partial charge in [-0.05, 0) is 51.2 Å². The molecule has 0 aromatic heterocycles. The lowest BCUT2D eigenvalue weighted by Gasteiger charge is -2.37. The number of aryl methyl sites for hydroxylation is 1. The van der Waals surface area contributed by atoms with Crippen molar-refractivity contribution in [2.45, 2.75) is 50.0 Å². The van der Waals surface area contributed by atoms with E-state index in [0.717, 1.165) is 44.4 Å². The normalized spacial score (nSPS) is 20.4. The second-order valence-electron chi connectivity index (χ2n) is 7.24. The highest BCUT2D eigenvalue weighted by atomic mass is 32.2. The maximum absolute atomic E-state index is 12.9. The SMILES string of the molecule is Cc1ccc(SCCN(C)C(=O)[C@@H]2CCCCN2C(=O)C2CC2)cc1. The molecule has 1 saturated carbocycles. The highest BCUT2D eigenvalue weighted by molar-refractivity contribution is 7.99. The molecule has 25 heavy (non-hydrogen) atoms. The number of rotatable bonds is 6. The fourth-order valence-corrected chi connectivity index (χ4v) is 4.25. The molecule has 1 heterocycles. The zero-order chi connectivity index (χ0) is 17.8. The Hall–Kier alpha value is -1.49. The van der Waals surface area contributed by atoms with Crippen LogP contribution in [-0.2, 0) is 9.59 Å². The second kappa shape index (κ2) is 8.26. The van der Waals surface area contributed by atoms with Crippen LogP contribution in [0.5, 0.6) is 0 Å². The predicted octanol–water partition coefficient (Wildman–Crippen LogP) is 3.34. The van der Waals surface area contributed by atoms with Gasteiger partial charge in [0.25, 0.3) is 0 Å². The minimum Gasteiger partial charge on any atom is -0.343 e. The monoisotopic (exact) mass is 360 g/mol. The van der Waals surface area contributed by atoms with Crippen LogP contribution in [0.1, 0.15) is 37.7 Å². The van der Waals surface area contributed by atoms with Crippen molar-refractivity contribution in [2.24, 2.45) is 5.92 Å². The lowest BCUT2D eigenvalue weighted by molar-refractivity contribution is -0.147. The second-order valence-corrected chi connectivity index (χ2v) is 8.41. The van der Waals surface area contributed by atoms with Crippen LogP contribution in [0.4, 0.5) is 0 Å². The van der Waals surface area contributed by atoms with Gasteiger partial charge in [0.2, 0.25) is 11.8 Å². The number of carbonyl (C=O) groups is 2. The van der Waals surface area contributed by atoms with Crippen LogP contribution in [0.2, 0.25) is 0 Å². The summed E-state index contributed by atoms with van der Waals surface area (Å²) in [7, 11) is 1.87. The Balaban J connectivity index is 1.51. The summed E-state index contributed by atoms with van der Waals surface area (Å²) in [6.45, 7) is 3.54. The highest BCUT2D eigenvalue weighted by Crippen LogP contribution is 2.33. The molecule has 1 aromatic rings. The van der Waals surface area contributed by atoms with Crippen LogP contribution < -0.4 is 0 Å². The smallest absolute Gasteiger partial charge is 0.245 e. The van der Waals surface area contributed by atoms with Crippen LogP contribution >= 0.6 is 11.8 Å². The molecule has 3 rings (SSSR count). The summed E-state index contributed by atoms with van der Waals surface area (Å²) in [6.07, 6.45) is 4.87. The summed E-state index contributed by atoms with van der Waals surface area (Å²) in [6, 6.07) is 8.23. The number of hydrogen-bond acceptors (Lipinski definition) is 3. The Morgan fingerprint density at radius 2 is 1.88 bits per heavy atom. The minimum atomic E-state index is -0.240. The van der Waals surface area contributed by atoms with Gasteiger partial charge < -0.3 is 9.80 Å². The molecule has 4 nitrogen and oxygen atoms in total. The Bertz CT molecular complexity index is 613. The molecule has 1 aromatic carbocycles. The first-order valence-corrected chi connectivity index (χ1v) is 10.3. The average molecular weight is 361 g/mol. The number of nitrogens with zero attached hydrogens (tertiary/aromatic N) is 2. The lowest BCUT2D eigenvalue weighted by Crippen LogP contribution is -2.53. The third-order valence-corrected chi connectivity index (χ3v) is 6.08. The van der Waals surface area contributed by atoms with E-state index < -0.39 is 0 Å². The molecule has 0 N–H and O–H groups in total. The number of amides is 2. The standard InChI is InChI=1S/C20H28N2O2S/c1-15-6-10-17(11-7-15)25-14-13-21(2)20(24)18-5-3-4-12-22(18)19(23)16-8-9-16/h6-7,10-11,16,18H,3-5,8-9,12-14H2,1-2H3/t18-/m0/s1. The van der Waals surface area contributed by atoms with E-state index in [9.17, 15) is 9.59 Å². The van der Waals surface area contributed by atoms with Gasteiger partial charge in [-0.25, -0.2) is 0 Å². The molecule has 5 heteroatoms. The summed E-state index contributed by atoms with van der Waals surface area (Å²) < 4.78 is 0. The number of hydrogen-bond donors (Lipinski definition) is 0. The first kappa shape index (κ1) is 18.3. The van der Waals surface area contributed by atoms with E-state index in [4.69, 9.17) is 0 Å². The van der Waals surface area contributed by atoms with E-state index >= 15 is 0 Å². The van der Waals surface area contributed by atoms with E-state index in [1.54, 1.807) is 11.8 Å². The molecular formula is C20H28N2O2S. The molecule has 0 radical (unpaired) electrons. The van der Waals surface area contributed by atoms with E-state index in [0.29, 0.717) is 6.54 Å². The van der Waals surface area contributed by atoms with Crippen LogP contribution in [0.3, 0.4) is 0 Å². The quantitative estimate of drug-likeness (QED) is 0.731. The summed E-state index contributed by atoms with van der Waals surface area (Å²) in [4.78, 5) is 30.3. The fourth-order valence-electron chi connectivity index (χ4n) is 3.32. The summed E-state index contributed by atoms with van der Waals surface area (Å²) >= 11 is 1.77. The Morgan fingerprint density at radius 3 is 2.56 bits per heavy atom. The van der Waals surface area contributed by atoms with Crippen LogP contribution in [0.15, 0.2) is 29.2 Å². The molecule has 0 spiro atoms. The molecule has 1 aliphatic heterocycles. The van der Waals surface area contributed by atoms with E-state index in [-0.39, 0.29) is 23.8 Å². The van der Waals surface area contributed by atoms with Gasteiger partial charge >= 0.3 is 0 Å². The number of thioether (sulfide) groups is 1. The largest absolute Gasteiger partial charge is 0.343 e. The van der Waals surface area contributed by atoms with Crippen LogP contribution in [-0.4, -0.2) is 53.5 Å². The van der Waals surface area contributed by atoms with Gasteiger partial charge in [0.1, 0.15) is 6.04 Å². The molecule has 1 atom stereocenters. The van der Waals surface area contributed by atoms with Gasteiger partial charge in [-0.15, -0.1) is 11.8 Å². The van der Waals surface area contributed by atoms with Gasteiger partial charge in [-0.3, -0.25) is 9.59 Å². The topological polar surface area (TPSA) is 40.6 Å². The minimum absolute atomic E-state index is 0.109. The summed E-state index contributed by atoms with van der Waals surface area (Å²) in [5.41, 5.74) is 1.26. The van der Waals surface area contributed by atoms with Crippen LogP contribution in [0, 0.1) is 12.8 Å². The van der Waals surface area contributed by atoms with Gasteiger partial charge in [0.05, 0.1) is 0 Å². The van der Waals surface area contributed by atoms with Gasteiger partial charge in [0, 0.05) is 36.7 Å². The summed E-state index contributed by atoms with van der Waals surface area (Å²) in [5, 5.41) is 0. The number of carbonyl (C=O) groups excluding carboxylic acids is 2. The molecule has 0 bridgehead atoms. The molecule has 1 aliphatic carbocycles. The van der Waals surface area contributed by atoms with E-state index in [1.807, 2.05) is 16.8 Å². The van der Waals surface area contributed by atoms with Crippen molar-refractivity contribution in [3.8, 4) is 0 Å². The van der Waals surface area contributed by atoms with Gasteiger partial charge in [-0.1, -0.05) is 17.7 Å². The highest BCUT2D eigenvalue weighted by Gasteiger charge is 2.40. The van der Waals surface area contributed by atoms with Gasteiger partial charge in [-0.2, -0.15) is 0 Å².